The van der Waals surface area contributed by atoms with Crippen LogP contribution in [0, 0.1) is 11.3 Å². The standard InChI is InChI=1S/C14H11ClN4S/c15-9-19-14(17)20-8-11-6-10(3-4-16)7-13-12(11)2-1-5-18-13/h1-2,5-7,9,17H,3,8H2/p+1. The van der Waals surface area contributed by atoms with Crippen LogP contribution in [0.3, 0.4) is 0 Å². The monoisotopic (exact) mass is 303 g/mol. The van der Waals surface area contributed by atoms with Crippen molar-refractivity contribution < 1.29 is 0 Å². The molecule has 100 valence electrons. The van der Waals surface area contributed by atoms with Gasteiger partial charge in [0, 0.05) is 17.3 Å². The first kappa shape index (κ1) is 14.4. The number of fused-ring (bicyclic) bond motifs is 1. The number of hydrogen-bond acceptors (Lipinski definition) is 3. The van der Waals surface area contributed by atoms with Crippen LogP contribution in [0.4, 0.5) is 0 Å². The van der Waals surface area contributed by atoms with Crippen LogP contribution < -0.4 is 10.4 Å². The Morgan fingerprint density at radius 2 is 2.40 bits per heavy atom. The van der Waals surface area contributed by atoms with E-state index in [4.69, 9.17) is 22.6 Å². The summed E-state index contributed by atoms with van der Waals surface area (Å²) in [4.78, 5) is 4.34. The molecular formula is C14H12ClN4S+. The number of nitrogens with two attached hydrogens (primary N) is 1. The van der Waals surface area contributed by atoms with Gasteiger partial charge < -0.3 is 0 Å². The van der Waals surface area contributed by atoms with Gasteiger partial charge in [0.15, 0.2) is 0 Å². The van der Waals surface area contributed by atoms with Crippen LogP contribution in [0.25, 0.3) is 10.9 Å². The molecule has 0 aliphatic heterocycles. The van der Waals surface area contributed by atoms with Crippen LogP contribution >= 0.6 is 23.4 Å². The van der Waals surface area contributed by atoms with E-state index in [1.807, 2.05) is 24.3 Å². The highest BCUT2D eigenvalue weighted by atomic mass is 35.5. The van der Waals surface area contributed by atoms with Gasteiger partial charge in [-0.2, -0.15) is 9.93 Å². The lowest BCUT2D eigenvalue weighted by Gasteiger charge is -2.06. The quantitative estimate of drug-likeness (QED) is 0.535. The lowest BCUT2D eigenvalue weighted by atomic mass is 10.0. The fraction of sp³-hybridized carbons (Fsp3) is 0.143. The zero-order valence-electron chi connectivity index (χ0n) is 10.6. The third kappa shape index (κ3) is 3.52. The molecule has 0 amide bonds. The molecular weight excluding hydrogens is 292 g/mol. The van der Waals surface area contributed by atoms with Crippen molar-refractivity contribution in [1.82, 2.24) is 9.65 Å². The minimum absolute atomic E-state index is 0.364. The van der Waals surface area contributed by atoms with Crippen molar-refractivity contribution in [3.63, 3.8) is 0 Å². The number of nitrogens with zero attached hydrogens (tertiary/aromatic N) is 3. The largest absolute Gasteiger partial charge is 0.403 e. The maximum Gasteiger partial charge on any atom is 0.403 e. The lowest BCUT2D eigenvalue weighted by Crippen LogP contribution is -2.10. The summed E-state index contributed by atoms with van der Waals surface area (Å²) in [5.41, 5.74) is 9.77. The zero-order valence-corrected chi connectivity index (χ0v) is 12.2. The van der Waals surface area contributed by atoms with Gasteiger partial charge in [-0.3, -0.25) is 10.7 Å². The number of aromatic nitrogens is 1. The topological polar surface area (TPSA) is 76.8 Å². The molecule has 4 nitrogen and oxygen atoms in total. The van der Waals surface area contributed by atoms with Gasteiger partial charge in [0.25, 0.3) is 5.67 Å². The Morgan fingerprint density at radius 1 is 1.55 bits per heavy atom. The summed E-state index contributed by atoms with van der Waals surface area (Å²) in [7, 11) is 0. The summed E-state index contributed by atoms with van der Waals surface area (Å²) in [5.74, 6) is 0.654. The molecule has 0 aliphatic carbocycles. The summed E-state index contributed by atoms with van der Waals surface area (Å²) in [6.07, 6.45) is 2.11. The van der Waals surface area contributed by atoms with Gasteiger partial charge in [-0.05, 0) is 46.6 Å². The smallest absolute Gasteiger partial charge is 0.267 e. The van der Waals surface area contributed by atoms with Gasteiger partial charge in [-0.25, -0.2) is 0 Å². The van der Waals surface area contributed by atoms with Gasteiger partial charge in [0.2, 0.25) is 0 Å². The van der Waals surface area contributed by atoms with Crippen molar-refractivity contribution in [3.05, 3.63) is 41.6 Å². The van der Waals surface area contributed by atoms with Crippen molar-refractivity contribution in [2.45, 2.75) is 12.2 Å². The number of nitriles is 1. The number of amidine groups is 1. The van der Waals surface area contributed by atoms with Crippen LogP contribution in [0.5, 0.6) is 0 Å². The fourth-order valence-electron chi connectivity index (χ4n) is 1.87. The zero-order chi connectivity index (χ0) is 14.4. The number of pyridine rings is 1. The van der Waals surface area contributed by atoms with Crippen LogP contribution in [0.1, 0.15) is 11.1 Å². The van der Waals surface area contributed by atoms with E-state index in [1.54, 1.807) is 6.20 Å². The van der Waals surface area contributed by atoms with Gasteiger partial charge in [-0.15, -0.1) is 0 Å². The van der Waals surface area contributed by atoms with E-state index in [1.165, 1.54) is 11.8 Å². The van der Waals surface area contributed by atoms with Crippen molar-refractivity contribution in [3.8, 4) is 6.07 Å². The van der Waals surface area contributed by atoms with E-state index >= 15 is 0 Å². The second-order valence-corrected chi connectivity index (χ2v) is 5.20. The number of benzene rings is 1. The van der Waals surface area contributed by atoms with Gasteiger partial charge >= 0.3 is 5.17 Å². The first-order valence-electron chi connectivity index (χ1n) is 5.86. The third-order valence-corrected chi connectivity index (χ3v) is 3.66. The van der Waals surface area contributed by atoms with Gasteiger partial charge in [0.05, 0.1) is 18.0 Å². The number of hydrogen-bond donors (Lipinski definition) is 1. The highest BCUT2D eigenvalue weighted by Gasteiger charge is 2.08. The molecule has 0 unspecified atom stereocenters. The van der Waals surface area contributed by atoms with Crippen LogP contribution in [-0.2, 0) is 12.2 Å². The van der Waals surface area contributed by atoms with Gasteiger partial charge in [0.1, 0.15) is 0 Å². The Balaban J connectivity index is 2.39. The van der Waals surface area contributed by atoms with Crippen molar-refractivity contribution >= 4 is 45.1 Å². The minimum Gasteiger partial charge on any atom is -0.267 e. The maximum absolute atomic E-state index is 8.84. The van der Waals surface area contributed by atoms with E-state index in [0.717, 1.165) is 27.7 Å². The third-order valence-electron chi connectivity index (χ3n) is 2.70. The molecule has 6 heteroatoms. The predicted octanol–water partition coefficient (Wildman–Crippen LogP) is 2.18. The fourth-order valence-corrected chi connectivity index (χ4v) is 2.71. The maximum atomic E-state index is 8.84. The van der Waals surface area contributed by atoms with E-state index < -0.39 is 0 Å². The Bertz CT molecular complexity index is 730. The molecule has 2 aromatic rings. The lowest BCUT2D eigenvalue weighted by molar-refractivity contribution is 1.24. The Morgan fingerprint density at radius 3 is 3.15 bits per heavy atom. The molecule has 1 aromatic heterocycles. The molecule has 0 fully saturated rings. The summed E-state index contributed by atoms with van der Waals surface area (Å²) in [5, 5.41) is 10.3. The molecule has 0 saturated heterocycles. The van der Waals surface area contributed by atoms with Crippen LogP contribution in [0.15, 0.2) is 30.5 Å². The van der Waals surface area contributed by atoms with Crippen molar-refractivity contribution in [2.75, 3.05) is 0 Å². The molecule has 0 spiro atoms. The molecule has 1 aromatic carbocycles. The molecule has 2 N–H and O–H groups in total. The predicted molar refractivity (Wildman–Crippen MR) is 85.6 cm³/mol. The molecule has 1 heterocycles. The van der Waals surface area contributed by atoms with Gasteiger partial charge in [-0.1, -0.05) is 12.1 Å². The first-order chi connectivity index (χ1) is 9.74. The van der Waals surface area contributed by atoms with Crippen molar-refractivity contribution in [1.29, 1.82) is 5.26 Å². The normalized spacial score (nSPS) is 9.80. The molecule has 2 rings (SSSR count). The minimum atomic E-state index is 0.364. The molecule has 20 heavy (non-hydrogen) atoms. The summed E-state index contributed by atoms with van der Waals surface area (Å²) < 4.78 is 3.81. The number of halogens is 1. The SMILES string of the molecule is N#CCc1cc(CSC(N)=[N+]=CCl)c2cccnc2c1. The Kier molecular flexibility index (Phi) is 5.03. The average Bonchev–Trinajstić information content (AvgIpc) is 2.45. The Hall–Kier alpha value is -1.99. The average molecular weight is 304 g/mol. The van der Waals surface area contributed by atoms with Crippen LogP contribution in [0.2, 0.25) is 0 Å². The summed E-state index contributed by atoms with van der Waals surface area (Å²) >= 11 is 6.78. The molecule has 0 atom stereocenters. The second-order valence-electron chi connectivity index (χ2n) is 4.01. The van der Waals surface area contributed by atoms with Crippen LogP contribution in [-0.4, -0.2) is 15.8 Å². The van der Waals surface area contributed by atoms with Crippen molar-refractivity contribution in [2.24, 2.45) is 5.73 Å². The highest BCUT2D eigenvalue weighted by Crippen LogP contribution is 2.23. The molecule has 0 saturated carbocycles. The Labute approximate surface area is 126 Å². The second kappa shape index (κ2) is 6.97. The highest BCUT2D eigenvalue weighted by molar-refractivity contribution is 8.13. The number of thioether (sulfide) groups is 1. The number of rotatable bonds is 3. The summed E-state index contributed by atoms with van der Waals surface area (Å²) in [6, 6.07) is 10.0. The van der Waals surface area contributed by atoms with E-state index in [0.29, 0.717) is 17.3 Å². The van der Waals surface area contributed by atoms with E-state index in [2.05, 4.69) is 15.7 Å². The first-order valence-corrected chi connectivity index (χ1v) is 7.28. The van der Waals surface area contributed by atoms with E-state index in [9.17, 15) is 0 Å². The molecule has 0 bridgehead atoms. The summed E-state index contributed by atoms with van der Waals surface area (Å²) in [6.45, 7) is 0. The van der Waals surface area contributed by atoms with E-state index in [-0.39, 0.29) is 0 Å². The molecule has 0 radical (unpaired) electrons. The molecule has 0 aliphatic rings.